The molecule has 0 aliphatic heterocycles. The Morgan fingerprint density at radius 2 is 1.45 bits per heavy atom. The van der Waals surface area contributed by atoms with Crippen molar-refractivity contribution < 1.29 is 9.90 Å². The quantitative estimate of drug-likeness (QED) is 0.862. The second-order valence-corrected chi connectivity index (χ2v) is 5.56. The van der Waals surface area contributed by atoms with E-state index < -0.39 is 5.60 Å². The number of aliphatic hydroxyl groups is 1. The lowest BCUT2D eigenvalue weighted by Crippen LogP contribution is -2.46. The first kappa shape index (κ1) is 16.0. The molecule has 0 fully saturated rings. The molecule has 0 aliphatic rings. The Kier molecular flexibility index (Phi) is 4.78. The highest BCUT2D eigenvalue weighted by Gasteiger charge is 2.41. The number of carbonyl (C=O) groups is 1. The fraction of sp³-hybridized carbons (Fsp3) is 0.211. The van der Waals surface area contributed by atoms with Crippen LogP contribution in [0.15, 0.2) is 72.8 Å². The summed E-state index contributed by atoms with van der Waals surface area (Å²) in [5, 5.41) is 11.3. The molecule has 0 aliphatic carbocycles. The molecular weight excluding hydrogens is 274 g/mol. The van der Waals surface area contributed by atoms with E-state index in [2.05, 4.69) is 6.58 Å². The molecule has 1 amide bonds. The average Bonchev–Trinajstić information content (AvgIpc) is 2.54. The number of hydrogen-bond acceptors (Lipinski definition) is 2. The molecule has 22 heavy (non-hydrogen) atoms. The number of amides is 1. The van der Waals surface area contributed by atoms with Crippen LogP contribution in [-0.2, 0) is 10.4 Å². The molecule has 0 saturated carbocycles. The van der Waals surface area contributed by atoms with Crippen molar-refractivity contribution in [2.45, 2.75) is 12.5 Å². The number of nitrogens with zero attached hydrogens (tertiary/aromatic N) is 1. The van der Waals surface area contributed by atoms with Gasteiger partial charge in [0.2, 0.25) is 0 Å². The summed E-state index contributed by atoms with van der Waals surface area (Å²) in [4.78, 5) is 14.4. The predicted molar refractivity (Wildman–Crippen MR) is 88.3 cm³/mol. The van der Waals surface area contributed by atoms with Gasteiger partial charge < -0.3 is 10.0 Å². The van der Waals surface area contributed by atoms with Gasteiger partial charge in [0.1, 0.15) is 0 Å². The molecule has 0 radical (unpaired) electrons. The summed E-state index contributed by atoms with van der Waals surface area (Å²) in [5.74, 6) is -0.368. The molecule has 0 spiro atoms. The van der Waals surface area contributed by atoms with Crippen molar-refractivity contribution >= 4 is 5.91 Å². The first-order valence-electron chi connectivity index (χ1n) is 7.19. The molecule has 2 rings (SSSR count). The van der Waals surface area contributed by atoms with Gasteiger partial charge in [-0.15, -0.1) is 0 Å². The van der Waals surface area contributed by atoms with Crippen LogP contribution in [0.1, 0.15) is 18.1 Å². The molecule has 3 heteroatoms. The minimum atomic E-state index is -1.70. The van der Waals surface area contributed by atoms with E-state index in [1.807, 2.05) is 43.3 Å². The minimum Gasteiger partial charge on any atom is -0.372 e. The highest BCUT2D eigenvalue weighted by atomic mass is 16.3. The number of benzene rings is 2. The van der Waals surface area contributed by atoms with Crippen LogP contribution >= 0.6 is 0 Å². The molecule has 1 N–H and O–H groups in total. The maximum Gasteiger partial charge on any atom is 0.264 e. The third-order valence-corrected chi connectivity index (χ3v) is 3.55. The molecule has 0 saturated heterocycles. The topological polar surface area (TPSA) is 40.5 Å². The lowest BCUT2D eigenvalue weighted by atomic mass is 9.85. The molecule has 0 bridgehead atoms. The van der Waals surface area contributed by atoms with Gasteiger partial charge in [0.15, 0.2) is 5.60 Å². The van der Waals surface area contributed by atoms with Crippen LogP contribution in [0.5, 0.6) is 0 Å². The normalized spacial score (nSPS) is 11.0. The molecule has 114 valence electrons. The van der Waals surface area contributed by atoms with Gasteiger partial charge in [-0.3, -0.25) is 4.79 Å². The van der Waals surface area contributed by atoms with Crippen LogP contribution in [0.2, 0.25) is 0 Å². The zero-order valence-electron chi connectivity index (χ0n) is 13.0. The van der Waals surface area contributed by atoms with Crippen molar-refractivity contribution in [2.24, 2.45) is 0 Å². The molecule has 3 nitrogen and oxygen atoms in total. The van der Waals surface area contributed by atoms with Crippen LogP contribution in [0.4, 0.5) is 0 Å². The van der Waals surface area contributed by atoms with E-state index in [1.165, 1.54) is 4.90 Å². The van der Waals surface area contributed by atoms with Crippen LogP contribution in [0, 0.1) is 0 Å². The van der Waals surface area contributed by atoms with Crippen molar-refractivity contribution in [3.8, 4) is 0 Å². The summed E-state index contributed by atoms with van der Waals surface area (Å²) in [6.45, 7) is 6.09. The molecule has 0 aromatic heterocycles. The van der Waals surface area contributed by atoms with Crippen molar-refractivity contribution in [1.29, 1.82) is 0 Å². The van der Waals surface area contributed by atoms with Gasteiger partial charge in [-0.05, 0) is 18.1 Å². The number of rotatable bonds is 5. The summed E-state index contributed by atoms with van der Waals surface area (Å²) < 4.78 is 0. The maximum absolute atomic E-state index is 12.9. The van der Waals surface area contributed by atoms with Gasteiger partial charge in [0, 0.05) is 13.6 Å². The minimum absolute atomic E-state index is 0.368. The first-order chi connectivity index (χ1) is 10.5. The standard InChI is InChI=1S/C19H21NO2/c1-15(2)14-20(3)18(21)19(22,16-10-6-4-7-11-16)17-12-8-5-9-13-17/h4-13,22H,1,14H2,2-3H3. The number of hydrogen-bond donors (Lipinski definition) is 1. The van der Waals surface area contributed by atoms with Crippen LogP contribution in [0.25, 0.3) is 0 Å². The number of likely N-dealkylation sites (N-methyl/N-ethyl adjacent to an activating group) is 1. The van der Waals surface area contributed by atoms with E-state index in [4.69, 9.17) is 0 Å². The van der Waals surface area contributed by atoms with Gasteiger partial charge in [-0.2, -0.15) is 0 Å². The van der Waals surface area contributed by atoms with E-state index in [0.717, 1.165) is 5.57 Å². The first-order valence-corrected chi connectivity index (χ1v) is 7.19. The third kappa shape index (κ3) is 3.10. The second-order valence-electron chi connectivity index (χ2n) is 5.56. The smallest absolute Gasteiger partial charge is 0.264 e. The van der Waals surface area contributed by atoms with E-state index >= 15 is 0 Å². The van der Waals surface area contributed by atoms with Crippen LogP contribution in [-0.4, -0.2) is 29.5 Å². The summed E-state index contributed by atoms with van der Waals surface area (Å²) >= 11 is 0. The van der Waals surface area contributed by atoms with E-state index in [0.29, 0.717) is 17.7 Å². The zero-order chi connectivity index (χ0) is 16.2. The summed E-state index contributed by atoms with van der Waals surface area (Å²) in [6, 6.07) is 18.0. The third-order valence-electron chi connectivity index (χ3n) is 3.55. The Labute approximate surface area is 131 Å². The Morgan fingerprint density at radius 3 is 1.82 bits per heavy atom. The van der Waals surface area contributed by atoms with Crippen LogP contribution < -0.4 is 0 Å². The molecule has 2 aromatic rings. The molecular formula is C19H21NO2. The maximum atomic E-state index is 12.9. The predicted octanol–water partition coefficient (Wildman–Crippen LogP) is 2.96. The molecule has 0 unspecified atom stereocenters. The Morgan fingerprint density at radius 1 is 1.05 bits per heavy atom. The average molecular weight is 295 g/mol. The second kappa shape index (κ2) is 6.58. The van der Waals surface area contributed by atoms with E-state index in [1.54, 1.807) is 31.3 Å². The largest absolute Gasteiger partial charge is 0.372 e. The van der Waals surface area contributed by atoms with E-state index in [-0.39, 0.29) is 5.91 Å². The monoisotopic (exact) mass is 295 g/mol. The molecule has 0 heterocycles. The summed E-state index contributed by atoms with van der Waals surface area (Å²) in [7, 11) is 1.67. The van der Waals surface area contributed by atoms with E-state index in [9.17, 15) is 9.90 Å². The molecule has 0 atom stereocenters. The highest BCUT2D eigenvalue weighted by Crippen LogP contribution is 2.31. The lowest BCUT2D eigenvalue weighted by Gasteiger charge is -2.32. The highest BCUT2D eigenvalue weighted by molar-refractivity contribution is 5.90. The van der Waals surface area contributed by atoms with Crippen LogP contribution in [0.3, 0.4) is 0 Å². The number of carbonyl (C=O) groups excluding carboxylic acids is 1. The fourth-order valence-corrected chi connectivity index (χ4v) is 2.53. The van der Waals surface area contributed by atoms with Gasteiger partial charge in [0.25, 0.3) is 5.91 Å². The van der Waals surface area contributed by atoms with Gasteiger partial charge in [-0.25, -0.2) is 0 Å². The summed E-state index contributed by atoms with van der Waals surface area (Å²) in [5.41, 5.74) is 0.269. The molecule has 2 aromatic carbocycles. The Bertz CT molecular complexity index is 610. The van der Waals surface area contributed by atoms with Crippen molar-refractivity contribution in [3.63, 3.8) is 0 Å². The zero-order valence-corrected chi connectivity index (χ0v) is 13.0. The van der Waals surface area contributed by atoms with Gasteiger partial charge in [0.05, 0.1) is 0 Å². The summed E-state index contributed by atoms with van der Waals surface area (Å²) in [6.07, 6.45) is 0. The Hall–Kier alpha value is -2.39. The van der Waals surface area contributed by atoms with Crippen molar-refractivity contribution in [2.75, 3.05) is 13.6 Å². The van der Waals surface area contributed by atoms with Gasteiger partial charge in [-0.1, -0.05) is 72.8 Å². The SMILES string of the molecule is C=C(C)CN(C)C(=O)C(O)(c1ccccc1)c1ccccc1. The van der Waals surface area contributed by atoms with Gasteiger partial charge >= 0.3 is 0 Å². The van der Waals surface area contributed by atoms with Crippen molar-refractivity contribution in [1.82, 2.24) is 4.90 Å². The fourth-order valence-electron chi connectivity index (χ4n) is 2.53. The van der Waals surface area contributed by atoms with Crippen molar-refractivity contribution in [3.05, 3.63) is 83.9 Å². The lowest BCUT2D eigenvalue weighted by molar-refractivity contribution is -0.146. The Balaban J connectivity index is 2.52.